The number of aromatic hydroxyl groups is 1. The van der Waals surface area contributed by atoms with Crippen LogP contribution in [-0.4, -0.2) is 109 Å². The molecule has 0 saturated carbocycles. The van der Waals surface area contributed by atoms with Crippen molar-refractivity contribution < 1.29 is 49.3 Å². The van der Waals surface area contributed by atoms with Crippen LogP contribution in [0.5, 0.6) is 17.2 Å². The molecule has 0 spiro atoms. The van der Waals surface area contributed by atoms with Crippen molar-refractivity contribution in [1.82, 2.24) is 16.0 Å². The van der Waals surface area contributed by atoms with Crippen LogP contribution in [0, 0.1) is 29.8 Å². The number of Topliss-reactive ketones (excluding diaryl/α,β-unsaturated/α-hetero) is 1. The number of hydrogen-bond donors (Lipinski definition) is 10. The number of hydrogen-bond acceptors (Lipinski definition) is 14. The third-order valence-corrected chi connectivity index (χ3v) is 18.2. The van der Waals surface area contributed by atoms with Crippen molar-refractivity contribution in [2.45, 2.75) is 154 Å². The summed E-state index contributed by atoms with van der Waals surface area (Å²) in [6, 6.07) is 26.0. The van der Waals surface area contributed by atoms with E-state index in [2.05, 4.69) is 108 Å². The van der Waals surface area contributed by atoms with E-state index in [1.807, 2.05) is 48.6 Å². The zero-order chi connectivity index (χ0) is 63.0. The molecule has 476 valence electrons. The van der Waals surface area contributed by atoms with E-state index in [9.17, 15) is 30.3 Å². The summed E-state index contributed by atoms with van der Waals surface area (Å²) in [6.45, 7) is 11.7. The second-order valence-electron chi connectivity index (χ2n) is 24.6. The Kier molecular flexibility index (Phi) is 23.8. The first-order valence-electron chi connectivity index (χ1n) is 32.2. The zero-order valence-electron chi connectivity index (χ0n) is 52.8. The third kappa shape index (κ3) is 17.2. The fraction of sp³-hybridized carbons (Fsp3) is 0.479. The van der Waals surface area contributed by atoms with Crippen LogP contribution in [0.4, 0.5) is 5.69 Å². The molecule has 10 bridgehead atoms. The first kappa shape index (κ1) is 66.2. The number of aryl methyl sites for hydroxylation is 2. The number of rotatable bonds is 24. The fourth-order valence-corrected chi connectivity index (χ4v) is 13.4. The molecule has 16 nitrogen and oxygen atoms in total. The summed E-state index contributed by atoms with van der Waals surface area (Å²) in [4.78, 5) is 18.6. The maximum atomic E-state index is 14.5. The molecule has 2 aliphatic carbocycles. The summed E-state index contributed by atoms with van der Waals surface area (Å²) >= 11 is 0. The van der Waals surface area contributed by atoms with Gasteiger partial charge in [0.2, 0.25) is 0 Å². The molecule has 0 aromatic heterocycles. The Morgan fingerprint density at radius 2 is 1.74 bits per heavy atom. The second-order valence-corrected chi connectivity index (χ2v) is 24.6. The van der Waals surface area contributed by atoms with Gasteiger partial charge in [-0.25, -0.2) is 0 Å². The van der Waals surface area contributed by atoms with E-state index >= 15 is 0 Å². The number of fused-ring (bicyclic) bond motifs is 8. The predicted molar refractivity (Wildman–Crippen MR) is 353 cm³/mol. The van der Waals surface area contributed by atoms with Crippen LogP contribution in [0.2, 0.25) is 0 Å². The molecule has 4 aliphatic heterocycles. The van der Waals surface area contributed by atoms with Gasteiger partial charge in [0.05, 0.1) is 31.9 Å². The van der Waals surface area contributed by atoms with Gasteiger partial charge in [-0.1, -0.05) is 93.8 Å². The van der Waals surface area contributed by atoms with E-state index in [4.69, 9.17) is 24.7 Å². The molecule has 9 atom stereocenters. The molecular formula is C73H94N6O10. The van der Waals surface area contributed by atoms with E-state index in [0.29, 0.717) is 92.4 Å². The summed E-state index contributed by atoms with van der Waals surface area (Å²) in [7, 11) is 3.22. The second kappa shape index (κ2) is 32.0. The molecule has 89 heavy (non-hydrogen) atoms. The molecule has 16 heteroatoms. The summed E-state index contributed by atoms with van der Waals surface area (Å²) in [5, 5.41) is 74.6. The number of phenolic OH excluding ortho intramolecular Hbond substituents is 1. The lowest BCUT2D eigenvalue weighted by Gasteiger charge is -2.35. The van der Waals surface area contributed by atoms with Gasteiger partial charge in [0.1, 0.15) is 36.1 Å². The maximum Gasteiger partial charge on any atom is 0.192 e. The van der Waals surface area contributed by atoms with Gasteiger partial charge in [-0.15, -0.1) is 0 Å². The molecule has 0 saturated heterocycles. The number of allylic oxidation sites excluding steroid dienone is 4. The quantitative estimate of drug-likeness (QED) is 0.00908. The normalized spacial score (nSPS) is 21.8. The van der Waals surface area contributed by atoms with Gasteiger partial charge >= 0.3 is 0 Å². The number of nitrogens with zero attached hydrogens (tertiary/aromatic N) is 1. The topological polar surface area (TPSA) is 242 Å². The van der Waals surface area contributed by atoms with E-state index < -0.39 is 30.3 Å². The van der Waals surface area contributed by atoms with Crippen LogP contribution in [0.3, 0.4) is 0 Å². The summed E-state index contributed by atoms with van der Waals surface area (Å²) < 4.78 is 25.5. The zero-order valence-corrected chi connectivity index (χ0v) is 52.8. The predicted octanol–water partition coefficient (Wildman–Crippen LogP) is 11.0. The van der Waals surface area contributed by atoms with Gasteiger partial charge in [0.25, 0.3) is 0 Å². The number of phenols is 1. The maximum absolute atomic E-state index is 14.5. The number of nitrogens with one attached hydrogen (secondary N) is 4. The highest BCUT2D eigenvalue weighted by molar-refractivity contribution is 6.01. The Morgan fingerprint density at radius 3 is 2.52 bits per heavy atom. The highest BCUT2D eigenvalue weighted by atomic mass is 16.5. The van der Waals surface area contributed by atoms with Gasteiger partial charge in [0, 0.05) is 79.7 Å². The molecule has 0 unspecified atom stereocenters. The van der Waals surface area contributed by atoms with E-state index in [0.717, 1.165) is 89.7 Å². The number of unbranched alkanes of at least 4 members (excludes halogenated alkanes) is 1. The molecule has 4 heterocycles. The van der Waals surface area contributed by atoms with Crippen LogP contribution in [0.1, 0.15) is 160 Å². The Morgan fingerprint density at radius 1 is 0.921 bits per heavy atom. The number of carbonyl (C=O) groups excluding carboxylic acids is 1. The summed E-state index contributed by atoms with van der Waals surface area (Å²) in [5.74, 6) is 2.96. The van der Waals surface area contributed by atoms with Crippen molar-refractivity contribution in [3.8, 4) is 29.3 Å². The van der Waals surface area contributed by atoms with Gasteiger partial charge in [-0.2, -0.15) is 0 Å². The first-order valence-corrected chi connectivity index (χ1v) is 32.2. The molecule has 0 amide bonds. The number of nitrogens with two attached hydrogens (primary N) is 1. The Labute approximate surface area is 526 Å². The van der Waals surface area contributed by atoms with Crippen LogP contribution in [0.25, 0.3) is 16.8 Å². The number of ether oxygens (including phenoxy) is 4. The molecule has 0 radical (unpaired) electrons. The van der Waals surface area contributed by atoms with Gasteiger partial charge < -0.3 is 66.2 Å². The number of aliphatic imine (C=N–C) groups is 1. The number of anilines is 1. The minimum Gasteiger partial charge on any atom is -0.508 e. The minimum absolute atomic E-state index is 0.00851. The van der Waals surface area contributed by atoms with Crippen molar-refractivity contribution in [3.63, 3.8) is 0 Å². The van der Waals surface area contributed by atoms with Gasteiger partial charge in [-0.05, 0) is 182 Å². The van der Waals surface area contributed by atoms with Crippen molar-refractivity contribution in [2.75, 3.05) is 58.9 Å². The molecule has 5 aromatic rings. The van der Waals surface area contributed by atoms with Crippen LogP contribution < -0.4 is 36.5 Å². The number of carbonyl (C=O) groups is 1. The minimum atomic E-state index is -1.94. The monoisotopic (exact) mass is 1210 g/mol. The Balaban J connectivity index is 1.23. The fourth-order valence-electron chi connectivity index (χ4n) is 13.4. The molecule has 0 fully saturated rings. The molecular weight excluding hydrogens is 1120 g/mol. The van der Waals surface area contributed by atoms with Crippen LogP contribution >= 0.6 is 0 Å². The summed E-state index contributed by atoms with van der Waals surface area (Å²) in [5.41, 5.74) is 14.6. The highest BCUT2D eigenvalue weighted by Gasteiger charge is 2.38. The number of guanidine groups is 1. The Bertz CT molecular complexity index is 3420. The first-order chi connectivity index (χ1) is 43.1. The highest BCUT2D eigenvalue weighted by Crippen LogP contribution is 2.51. The number of methoxy groups -OCH3 is 1. The smallest absolute Gasteiger partial charge is 0.192 e. The van der Waals surface area contributed by atoms with Crippen molar-refractivity contribution in [3.05, 3.63) is 158 Å². The number of ketones is 1. The van der Waals surface area contributed by atoms with Crippen LogP contribution in [0.15, 0.2) is 113 Å². The average Bonchev–Trinajstić information content (AvgIpc) is 0.869. The van der Waals surface area contributed by atoms with E-state index in [-0.39, 0.29) is 72.1 Å². The number of aliphatic hydroxyl groups excluding tert-OH is 3. The number of benzene rings is 5. The lowest BCUT2D eigenvalue weighted by atomic mass is 9.70. The van der Waals surface area contributed by atoms with Gasteiger partial charge in [0.15, 0.2) is 23.7 Å². The van der Waals surface area contributed by atoms with E-state index in [1.165, 1.54) is 5.56 Å². The molecule has 11 N–H and O–H groups in total. The Hall–Kier alpha value is -7.20. The summed E-state index contributed by atoms with van der Waals surface area (Å²) in [6.07, 6.45) is 15.3. The molecule has 11 rings (SSSR count). The molecule has 6 aliphatic rings. The van der Waals surface area contributed by atoms with Crippen molar-refractivity contribution >= 4 is 34.3 Å². The largest absolute Gasteiger partial charge is 0.508 e. The van der Waals surface area contributed by atoms with Crippen LogP contribution in [-0.2, 0) is 40.1 Å². The standard InChI is InChI=1S/C73H94N6O10/c1-7-69(77-42-46(4)80)78-43-53-37-60(51-18-11-15-48(32-51)26-30-87-29-13-28-76-8-2)58-27-31-88-56(35-52-38-65(82)61(53)36-50(52)17-10-9-14-47-16-12-19-54(33-47)79-73(74)75-5)39-55(81)23-21-49-22-25-67(86-6)68(34-49)89-44-64-57-24-20-45(3)59-41-66(83)71(58)63(70(57)59)40-62(64)72(84)85/h11-12,15-16,18-20,22,24-25,32-34,36,38,40-41,45-46,50,52-53,56,58,60,69,72,76-78,80,82-85H,7-10,13-14,17,21,23,26,28-30,35,37,39,42-44H2,1-6H3,(H3,74,75,79)/t45-,46+,50-,52+,53+,56+,58+,60+,69-/m1/s1. The third-order valence-electron chi connectivity index (χ3n) is 18.2. The SMILES string of the molecule is CCNCCCOCCc1cccc([C@@H]2C[C@@H](CN[C@H](CC)NC[C@H](C)O)C3=C[C@@H](CCCCc4cccc(NC(N)=NC)c4)[C@H](C=C3O)C[C@H]3CC(=O)CCc4ccc(OC)c(c4)OCc4c(C(O)O)cc5c(c(O)cc6c5c4C=C[C@H]6C)[C@H]2C#CO3)c1. The number of aliphatic hydroxyl groups is 4. The molecule has 5 aromatic carbocycles. The van der Waals surface area contributed by atoms with E-state index in [1.54, 1.807) is 27.1 Å². The average molecular weight is 1220 g/mol. The van der Waals surface area contributed by atoms with Crippen molar-refractivity contribution in [1.29, 1.82) is 0 Å². The van der Waals surface area contributed by atoms with Crippen molar-refractivity contribution in [2.24, 2.45) is 28.5 Å². The van der Waals surface area contributed by atoms with Gasteiger partial charge in [-0.3, -0.25) is 15.1 Å². The lowest BCUT2D eigenvalue weighted by Crippen LogP contribution is -2.46. The lowest BCUT2D eigenvalue weighted by molar-refractivity contribution is -0.121.